The van der Waals surface area contributed by atoms with Crippen molar-refractivity contribution in [2.45, 2.75) is 32.9 Å². The van der Waals surface area contributed by atoms with Crippen molar-refractivity contribution >= 4 is 23.7 Å². The summed E-state index contributed by atoms with van der Waals surface area (Å²) in [6.07, 6.45) is 0. The molecule has 1 fully saturated rings. The summed E-state index contributed by atoms with van der Waals surface area (Å²) in [6, 6.07) is 16.0. The zero-order chi connectivity index (χ0) is 26.5. The fourth-order valence-electron chi connectivity index (χ4n) is 4.95. The van der Waals surface area contributed by atoms with Gasteiger partial charge in [-0.1, -0.05) is 42.5 Å². The Hall–Kier alpha value is -3.85. The molecule has 1 saturated heterocycles. The summed E-state index contributed by atoms with van der Waals surface area (Å²) >= 11 is 0. The van der Waals surface area contributed by atoms with Crippen LogP contribution in [0.15, 0.2) is 65.9 Å². The Kier molecular flexibility index (Phi) is 8.13. The minimum absolute atomic E-state index is 0.0565. The average molecular weight is 506 g/mol. The summed E-state index contributed by atoms with van der Waals surface area (Å²) in [5.41, 5.74) is 3.65. The third kappa shape index (κ3) is 5.77. The van der Waals surface area contributed by atoms with Gasteiger partial charge in [0.15, 0.2) is 0 Å². The number of benzene rings is 2. The molecule has 9 nitrogen and oxygen atoms in total. The van der Waals surface area contributed by atoms with Crippen molar-refractivity contribution in [3.63, 3.8) is 0 Å². The van der Waals surface area contributed by atoms with Crippen molar-refractivity contribution in [2.24, 2.45) is 0 Å². The summed E-state index contributed by atoms with van der Waals surface area (Å²) in [5.74, 6) is -0.438. The largest absolute Gasteiger partial charge is 0.463 e. The number of carbonyl (C=O) groups excluding carboxylic acids is 3. The number of nitrogens with zero attached hydrogens (tertiary/aromatic N) is 3. The Labute approximate surface area is 218 Å². The van der Waals surface area contributed by atoms with Gasteiger partial charge in [-0.25, -0.2) is 14.4 Å². The lowest BCUT2D eigenvalue weighted by Gasteiger charge is -2.42. The number of nitrogens with one attached hydrogen (secondary N) is 2. The molecule has 2 unspecified atom stereocenters. The Bertz CT molecular complexity index is 1180. The SMILES string of the molecule is CCOC(=O)C1=C(CN2CCN(C(=O)Nc3ccccc3)C(C)C2)N(C)C(=O)NC1c1ccccc1C. The van der Waals surface area contributed by atoms with Crippen molar-refractivity contribution in [1.29, 1.82) is 0 Å². The number of piperazine rings is 1. The first-order chi connectivity index (χ1) is 17.8. The van der Waals surface area contributed by atoms with Gasteiger partial charge < -0.3 is 20.3 Å². The lowest BCUT2D eigenvalue weighted by atomic mass is 9.91. The average Bonchev–Trinajstić information content (AvgIpc) is 2.87. The number of hydrogen-bond acceptors (Lipinski definition) is 5. The van der Waals surface area contributed by atoms with E-state index in [0.717, 1.165) is 16.8 Å². The molecule has 0 bridgehead atoms. The van der Waals surface area contributed by atoms with Crippen LogP contribution in [0.5, 0.6) is 0 Å². The summed E-state index contributed by atoms with van der Waals surface area (Å²) in [5, 5.41) is 5.94. The molecule has 2 N–H and O–H groups in total. The van der Waals surface area contributed by atoms with Crippen molar-refractivity contribution in [1.82, 2.24) is 20.0 Å². The molecule has 2 atom stereocenters. The van der Waals surface area contributed by atoms with E-state index < -0.39 is 12.0 Å². The Morgan fingerprint density at radius 1 is 1.08 bits per heavy atom. The van der Waals surface area contributed by atoms with Crippen LogP contribution in [0.2, 0.25) is 0 Å². The minimum atomic E-state index is -0.602. The number of urea groups is 2. The van der Waals surface area contributed by atoms with Gasteiger partial charge in [0.25, 0.3) is 0 Å². The molecule has 0 saturated carbocycles. The monoisotopic (exact) mass is 505 g/mol. The molecule has 0 aliphatic carbocycles. The van der Waals surface area contributed by atoms with Crippen LogP contribution >= 0.6 is 0 Å². The number of likely N-dealkylation sites (N-methyl/N-ethyl adjacent to an activating group) is 1. The van der Waals surface area contributed by atoms with Gasteiger partial charge in [-0.3, -0.25) is 9.80 Å². The molecule has 4 amide bonds. The molecule has 2 aromatic rings. The summed E-state index contributed by atoms with van der Waals surface area (Å²) < 4.78 is 5.45. The predicted molar refractivity (Wildman–Crippen MR) is 142 cm³/mol. The molecule has 0 aromatic heterocycles. The second-order valence-electron chi connectivity index (χ2n) is 9.45. The molecular formula is C28H35N5O4. The fraction of sp³-hybridized carbons (Fsp3) is 0.393. The smallest absolute Gasteiger partial charge is 0.338 e. The highest BCUT2D eigenvalue weighted by molar-refractivity contribution is 5.95. The number of hydrogen-bond donors (Lipinski definition) is 2. The zero-order valence-corrected chi connectivity index (χ0v) is 21.9. The highest BCUT2D eigenvalue weighted by Gasteiger charge is 2.38. The summed E-state index contributed by atoms with van der Waals surface area (Å²) in [6.45, 7) is 8.10. The number of esters is 1. The van der Waals surface area contributed by atoms with E-state index >= 15 is 0 Å². The Balaban J connectivity index is 1.57. The molecule has 2 heterocycles. The quantitative estimate of drug-likeness (QED) is 0.584. The van der Waals surface area contributed by atoms with Gasteiger partial charge in [0, 0.05) is 50.7 Å². The Morgan fingerprint density at radius 2 is 1.78 bits per heavy atom. The molecule has 9 heteroatoms. The minimum Gasteiger partial charge on any atom is -0.463 e. The molecular weight excluding hydrogens is 470 g/mol. The van der Waals surface area contributed by atoms with Crippen molar-refractivity contribution in [2.75, 3.05) is 45.2 Å². The lowest BCUT2D eigenvalue weighted by molar-refractivity contribution is -0.139. The van der Waals surface area contributed by atoms with Crippen LogP contribution in [0.1, 0.15) is 31.0 Å². The predicted octanol–water partition coefficient (Wildman–Crippen LogP) is 3.75. The lowest BCUT2D eigenvalue weighted by Crippen LogP contribution is -2.57. The van der Waals surface area contributed by atoms with Crippen LogP contribution in [0, 0.1) is 6.92 Å². The highest BCUT2D eigenvalue weighted by Crippen LogP contribution is 2.33. The number of para-hydroxylation sites is 1. The third-order valence-corrected chi connectivity index (χ3v) is 6.94. The van der Waals surface area contributed by atoms with E-state index in [4.69, 9.17) is 4.74 Å². The van der Waals surface area contributed by atoms with Crippen LogP contribution in [-0.4, -0.2) is 78.6 Å². The number of carbonyl (C=O) groups is 3. The van der Waals surface area contributed by atoms with E-state index in [1.165, 1.54) is 4.90 Å². The van der Waals surface area contributed by atoms with E-state index in [9.17, 15) is 14.4 Å². The first-order valence-corrected chi connectivity index (χ1v) is 12.6. The van der Waals surface area contributed by atoms with E-state index in [-0.39, 0.29) is 24.7 Å². The first-order valence-electron chi connectivity index (χ1n) is 12.6. The fourth-order valence-corrected chi connectivity index (χ4v) is 4.95. The highest BCUT2D eigenvalue weighted by atomic mass is 16.5. The standard InChI is InChI=1S/C28H35N5O4/c1-5-37-26(34)24-23(31(4)27(35)30-25(24)22-14-10-9-11-19(22)2)18-32-15-16-33(20(3)17-32)28(36)29-21-12-7-6-8-13-21/h6-14,20,25H,5,15-18H2,1-4H3,(H,29,36)(H,30,35). The summed E-state index contributed by atoms with van der Waals surface area (Å²) in [7, 11) is 1.67. The molecule has 196 valence electrons. The third-order valence-electron chi connectivity index (χ3n) is 6.94. The zero-order valence-electron chi connectivity index (χ0n) is 21.9. The van der Waals surface area contributed by atoms with Crippen LogP contribution < -0.4 is 10.6 Å². The maximum absolute atomic E-state index is 13.2. The molecule has 2 aromatic carbocycles. The van der Waals surface area contributed by atoms with Crippen LogP contribution in [0.3, 0.4) is 0 Å². The van der Waals surface area contributed by atoms with Crippen molar-refractivity contribution in [3.8, 4) is 0 Å². The maximum atomic E-state index is 13.2. The molecule has 2 aliphatic heterocycles. The van der Waals surface area contributed by atoms with Crippen LogP contribution in [0.25, 0.3) is 0 Å². The first kappa shape index (κ1) is 26.2. The van der Waals surface area contributed by atoms with E-state index in [1.54, 1.807) is 14.0 Å². The van der Waals surface area contributed by atoms with Crippen LogP contribution in [0.4, 0.5) is 15.3 Å². The number of ether oxygens (including phenoxy) is 1. The van der Waals surface area contributed by atoms with Crippen molar-refractivity contribution < 1.29 is 19.1 Å². The van der Waals surface area contributed by atoms with Crippen molar-refractivity contribution in [3.05, 3.63) is 77.0 Å². The van der Waals surface area contributed by atoms with Gasteiger partial charge >= 0.3 is 18.0 Å². The van der Waals surface area contributed by atoms with Gasteiger partial charge in [0.1, 0.15) is 0 Å². The topological polar surface area (TPSA) is 94.2 Å². The Morgan fingerprint density at radius 3 is 2.46 bits per heavy atom. The van der Waals surface area contributed by atoms with Gasteiger partial charge in [0.05, 0.1) is 18.2 Å². The number of amides is 4. The van der Waals surface area contributed by atoms with E-state index in [2.05, 4.69) is 15.5 Å². The van der Waals surface area contributed by atoms with E-state index in [0.29, 0.717) is 37.4 Å². The van der Waals surface area contributed by atoms with Gasteiger partial charge in [-0.05, 0) is 44.0 Å². The second kappa shape index (κ2) is 11.5. The number of anilines is 1. The van der Waals surface area contributed by atoms with Crippen LogP contribution in [-0.2, 0) is 9.53 Å². The maximum Gasteiger partial charge on any atom is 0.338 e. The molecule has 0 spiro atoms. The summed E-state index contributed by atoms with van der Waals surface area (Å²) in [4.78, 5) is 44.6. The number of aryl methyl sites for hydroxylation is 1. The van der Waals surface area contributed by atoms with Gasteiger partial charge in [0.2, 0.25) is 0 Å². The van der Waals surface area contributed by atoms with E-state index in [1.807, 2.05) is 73.3 Å². The molecule has 2 aliphatic rings. The second-order valence-corrected chi connectivity index (χ2v) is 9.45. The normalized spacial score (nSPS) is 20.5. The van der Waals surface area contributed by atoms with Gasteiger partial charge in [-0.2, -0.15) is 0 Å². The molecule has 37 heavy (non-hydrogen) atoms. The molecule has 0 radical (unpaired) electrons. The molecule has 4 rings (SSSR count). The number of rotatable bonds is 6. The van der Waals surface area contributed by atoms with Gasteiger partial charge in [-0.15, -0.1) is 0 Å².